The van der Waals surface area contributed by atoms with Crippen LogP contribution in [0.25, 0.3) is 10.9 Å². The minimum Gasteiger partial charge on any atom is -0.296 e. The van der Waals surface area contributed by atoms with Crippen molar-refractivity contribution in [2.75, 3.05) is 0 Å². The van der Waals surface area contributed by atoms with Gasteiger partial charge in [0.25, 0.3) is 0 Å². The normalized spacial score (nSPS) is 10.5. The molecule has 0 spiro atoms. The highest BCUT2D eigenvalue weighted by molar-refractivity contribution is 5.85. The van der Waals surface area contributed by atoms with E-state index in [1.165, 1.54) is 12.1 Å². The van der Waals surface area contributed by atoms with Crippen LogP contribution >= 0.6 is 0 Å². The van der Waals surface area contributed by atoms with Crippen LogP contribution in [0.5, 0.6) is 0 Å². The quantitative estimate of drug-likeness (QED) is 0.702. The Kier molecular flexibility index (Phi) is 2.46. The van der Waals surface area contributed by atoms with Crippen LogP contribution in [-0.2, 0) is 6.42 Å². The molecule has 15 heavy (non-hydrogen) atoms. The van der Waals surface area contributed by atoms with E-state index >= 15 is 0 Å². The van der Waals surface area contributed by atoms with Gasteiger partial charge in [-0.2, -0.15) is 0 Å². The largest absolute Gasteiger partial charge is 0.296 e. The smallest absolute Gasteiger partial charge is 0.168 e. The van der Waals surface area contributed by atoms with Crippen molar-refractivity contribution >= 4 is 17.2 Å². The van der Waals surface area contributed by atoms with Gasteiger partial charge in [-0.3, -0.25) is 4.79 Å². The number of aromatic nitrogens is 1. The molecule has 0 unspecified atom stereocenters. The number of halogens is 1. The summed E-state index contributed by atoms with van der Waals surface area (Å²) in [5.74, 6) is -0.337. The fourth-order valence-corrected chi connectivity index (χ4v) is 1.58. The molecule has 0 N–H and O–H groups in total. The van der Waals surface area contributed by atoms with Crippen LogP contribution in [0.2, 0.25) is 0 Å². The first-order valence-electron chi connectivity index (χ1n) is 4.79. The van der Waals surface area contributed by atoms with E-state index in [9.17, 15) is 9.18 Å². The number of carbonyl (C=O) groups is 1. The van der Waals surface area contributed by atoms with E-state index < -0.39 is 0 Å². The molecule has 1 aromatic carbocycles. The third-order valence-corrected chi connectivity index (χ3v) is 2.38. The van der Waals surface area contributed by atoms with Gasteiger partial charge >= 0.3 is 0 Å². The van der Waals surface area contributed by atoms with Gasteiger partial charge in [-0.05, 0) is 30.2 Å². The lowest BCUT2D eigenvalue weighted by molar-refractivity contribution is 0.111. The molecule has 0 saturated carbocycles. The van der Waals surface area contributed by atoms with Crippen LogP contribution in [-0.4, -0.2) is 11.3 Å². The van der Waals surface area contributed by atoms with Crippen LogP contribution in [0.1, 0.15) is 23.0 Å². The van der Waals surface area contributed by atoms with Gasteiger partial charge in [-0.1, -0.05) is 6.92 Å². The standard InChI is InChI=1S/C12H10FNO/c1-2-8-5-9-3-4-10(13)6-11(9)14-12(8)7-15/h3-7H,2H2,1H3. The van der Waals surface area contributed by atoms with E-state index in [4.69, 9.17) is 0 Å². The molecule has 0 radical (unpaired) electrons. The zero-order valence-corrected chi connectivity index (χ0v) is 8.33. The number of hydrogen-bond donors (Lipinski definition) is 0. The summed E-state index contributed by atoms with van der Waals surface area (Å²) in [5.41, 5.74) is 1.81. The molecule has 0 atom stereocenters. The minimum absolute atomic E-state index is 0.337. The average molecular weight is 203 g/mol. The maximum absolute atomic E-state index is 12.9. The van der Waals surface area contributed by atoms with Gasteiger partial charge in [-0.15, -0.1) is 0 Å². The molecule has 1 heterocycles. The molecule has 0 aliphatic heterocycles. The van der Waals surface area contributed by atoms with Gasteiger partial charge in [0.15, 0.2) is 6.29 Å². The number of aldehydes is 1. The van der Waals surface area contributed by atoms with Crippen LogP contribution in [0.4, 0.5) is 4.39 Å². The second kappa shape index (κ2) is 3.77. The number of nitrogens with zero attached hydrogens (tertiary/aromatic N) is 1. The van der Waals surface area contributed by atoms with E-state index in [1.807, 2.05) is 13.0 Å². The lowest BCUT2D eigenvalue weighted by atomic mass is 10.1. The van der Waals surface area contributed by atoms with Crippen molar-refractivity contribution in [3.8, 4) is 0 Å². The van der Waals surface area contributed by atoms with Gasteiger partial charge in [-0.25, -0.2) is 9.37 Å². The van der Waals surface area contributed by atoms with Crippen molar-refractivity contribution in [3.63, 3.8) is 0 Å². The SMILES string of the molecule is CCc1cc2ccc(F)cc2nc1C=O. The molecule has 2 nitrogen and oxygen atoms in total. The van der Waals surface area contributed by atoms with Gasteiger partial charge in [0.1, 0.15) is 11.5 Å². The summed E-state index contributed by atoms with van der Waals surface area (Å²) >= 11 is 0. The predicted molar refractivity (Wildman–Crippen MR) is 56.5 cm³/mol. The van der Waals surface area contributed by atoms with Crippen molar-refractivity contribution < 1.29 is 9.18 Å². The Morgan fingerprint density at radius 1 is 1.40 bits per heavy atom. The number of benzene rings is 1. The Balaban J connectivity index is 2.75. The second-order valence-electron chi connectivity index (χ2n) is 3.34. The predicted octanol–water partition coefficient (Wildman–Crippen LogP) is 2.75. The lowest BCUT2D eigenvalue weighted by Crippen LogP contribution is -1.96. The Hall–Kier alpha value is -1.77. The summed E-state index contributed by atoms with van der Waals surface area (Å²) < 4.78 is 12.9. The van der Waals surface area contributed by atoms with Crippen LogP contribution in [0.15, 0.2) is 24.3 Å². The number of pyridine rings is 1. The summed E-state index contributed by atoms with van der Waals surface area (Å²) in [6.07, 6.45) is 1.46. The lowest BCUT2D eigenvalue weighted by Gasteiger charge is -2.03. The van der Waals surface area contributed by atoms with Crippen molar-refractivity contribution in [1.82, 2.24) is 4.98 Å². The Morgan fingerprint density at radius 2 is 2.20 bits per heavy atom. The van der Waals surface area contributed by atoms with E-state index in [2.05, 4.69) is 4.98 Å². The third-order valence-electron chi connectivity index (χ3n) is 2.38. The van der Waals surface area contributed by atoms with Gasteiger partial charge in [0.2, 0.25) is 0 Å². The Labute approximate surface area is 86.8 Å². The second-order valence-corrected chi connectivity index (χ2v) is 3.34. The number of rotatable bonds is 2. The highest BCUT2D eigenvalue weighted by Crippen LogP contribution is 2.17. The van der Waals surface area contributed by atoms with Gasteiger partial charge in [0.05, 0.1) is 5.52 Å². The zero-order chi connectivity index (χ0) is 10.8. The van der Waals surface area contributed by atoms with E-state index in [1.54, 1.807) is 6.07 Å². The van der Waals surface area contributed by atoms with Crippen molar-refractivity contribution in [1.29, 1.82) is 0 Å². The van der Waals surface area contributed by atoms with Crippen molar-refractivity contribution in [2.24, 2.45) is 0 Å². The molecular weight excluding hydrogens is 193 g/mol. The number of carbonyl (C=O) groups excluding carboxylic acids is 1. The maximum atomic E-state index is 12.9. The molecule has 0 fully saturated rings. The minimum atomic E-state index is -0.337. The summed E-state index contributed by atoms with van der Waals surface area (Å²) in [6.45, 7) is 1.96. The molecule has 76 valence electrons. The molecule has 0 amide bonds. The van der Waals surface area contributed by atoms with Crippen molar-refractivity contribution in [2.45, 2.75) is 13.3 Å². The van der Waals surface area contributed by atoms with E-state index in [0.29, 0.717) is 17.5 Å². The molecule has 3 heteroatoms. The average Bonchev–Trinajstić information content (AvgIpc) is 2.27. The molecule has 2 rings (SSSR count). The summed E-state index contributed by atoms with van der Waals surface area (Å²) in [7, 11) is 0. The topological polar surface area (TPSA) is 30.0 Å². The van der Waals surface area contributed by atoms with E-state index in [0.717, 1.165) is 17.4 Å². The third kappa shape index (κ3) is 1.73. The number of aryl methyl sites for hydroxylation is 1. The molecular formula is C12H10FNO. The first kappa shape index (κ1) is 9.77. The summed E-state index contributed by atoms with van der Waals surface area (Å²) in [5, 5.41) is 0.860. The monoisotopic (exact) mass is 203 g/mol. The first-order chi connectivity index (χ1) is 7.24. The van der Waals surface area contributed by atoms with Crippen LogP contribution < -0.4 is 0 Å². The summed E-state index contributed by atoms with van der Waals surface area (Å²) in [6, 6.07) is 6.28. The fourth-order valence-electron chi connectivity index (χ4n) is 1.58. The summed E-state index contributed by atoms with van der Waals surface area (Å²) in [4.78, 5) is 14.9. The Bertz CT molecular complexity index is 522. The highest BCUT2D eigenvalue weighted by Gasteiger charge is 2.05. The van der Waals surface area contributed by atoms with Gasteiger partial charge < -0.3 is 0 Å². The van der Waals surface area contributed by atoms with E-state index in [-0.39, 0.29) is 5.82 Å². The fraction of sp³-hybridized carbons (Fsp3) is 0.167. The molecule has 1 aromatic heterocycles. The van der Waals surface area contributed by atoms with Crippen LogP contribution in [0.3, 0.4) is 0 Å². The number of hydrogen-bond acceptors (Lipinski definition) is 2. The van der Waals surface area contributed by atoms with Gasteiger partial charge in [0, 0.05) is 11.5 Å². The molecule has 0 saturated heterocycles. The molecule has 0 bridgehead atoms. The number of fused-ring (bicyclic) bond motifs is 1. The maximum Gasteiger partial charge on any atom is 0.168 e. The Morgan fingerprint density at radius 3 is 2.87 bits per heavy atom. The van der Waals surface area contributed by atoms with Crippen LogP contribution in [0, 0.1) is 5.82 Å². The first-order valence-corrected chi connectivity index (χ1v) is 4.79. The van der Waals surface area contributed by atoms with Crippen molar-refractivity contribution in [3.05, 3.63) is 41.3 Å². The zero-order valence-electron chi connectivity index (χ0n) is 8.33. The molecule has 0 aliphatic rings. The highest BCUT2D eigenvalue weighted by atomic mass is 19.1. The molecule has 0 aliphatic carbocycles. The molecule has 2 aromatic rings.